The lowest BCUT2D eigenvalue weighted by molar-refractivity contribution is 0.624. The van der Waals surface area contributed by atoms with Gasteiger partial charge in [0.05, 0.1) is 11.8 Å². The first kappa shape index (κ1) is 18.6. The summed E-state index contributed by atoms with van der Waals surface area (Å²) < 4.78 is 14.2. The zero-order valence-corrected chi connectivity index (χ0v) is 15.4. The molecule has 1 aliphatic heterocycles. The molecule has 24 heavy (non-hydrogen) atoms. The fourth-order valence-corrected chi connectivity index (χ4v) is 3.64. The number of halogens is 2. The van der Waals surface area contributed by atoms with Crippen molar-refractivity contribution < 1.29 is 4.39 Å². The summed E-state index contributed by atoms with van der Waals surface area (Å²) in [5.41, 5.74) is 4.50. The van der Waals surface area contributed by atoms with Crippen LogP contribution in [0.15, 0.2) is 53.2 Å². The molecule has 0 bridgehead atoms. The molecular weight excluding hydrogens is 344 g/mol. The van der Waals surface area contributed by atoms with Gasteiger partial charge in [-0.25, -0.2) is 4.39 Å². The van der Waals surface area contributed by atoms with Crippen LogP contribution >= 0.6 is 20.2 Å². The van der Waals surface area contributed by atoms with Gasteiger partial charge in [-0.3, -0.25) is 0 Å². The summed E-state index contributed by atoms with van der Waals surface area (Å²) >= 11 is 6.02. The maximum atomic E-state index is 14.2. The predicted octanol–water partition coefficient (Wildman–Crippen LogP) is 5.00. The Morgan fingerprint density at radius 3 is 3.04 bits per heavy atom. The second-order valence-electron chi connectivity index (χ2n) is 5.27. The standard InChI is InChI=1S/C18H20ClFN3P/c1-3-22-23-12(2)6-9-17(21)14-5-4-10-24-18(14)15-11-13(19)7-8-16(15)20/h3-9,11-12,21,23-24H,10H2,1-2H3/b9-6-,21-17?,22-3-. The lowest BCUT2D eigenvalue weighted by Gasteiger charge is -2.17. The third kappa shape index (κ3) is 4.86. The Labute approximate surface area is 148 Å². The molecule has 0 radical (unpaired) electrons. The highest BCUT2D eigenvalue weighted by molar-refractivity contribution is 7.51. The lowest BCUT2D eigenvalue weighted by atomic mass is 10.0. The molecule has 3 nitrogen and oxygen atoms in total. The van der Waals surface area contributed by atoms with Crippen molar-refractivity contribution in [2.45, 2.75) is 19.9 Å². The molecule has 0 spiro atoms. The van der Waals surface area contributed by atoms with Gasteiger partial charge in [-0.15, -0.1) is 0 Å². The van der Waals surface area contributed by atoms with Crippen molar-refractivity contribution in [1.29, 1.82) is 5.41 Å². The van der Waals surface area contributed by atoms with Crippen LogP contribution in [-0.4, -0.2) is 24.1 Å². The van der Waals surface area contributed by atoms with Gasteiger partial charge < -0.3 is 10.8 Å². The third-order valence-electron chi connectivity index (χ3n) is 3.40. The second kappa shape index (κ2) is 8.91. The van der Waals surface area contributed by atoms with Crippen LogP contribution in [0, 0.1) is 11.2 Å². The molecule has 1 heterocycles. The van der Waals surface area contributed by atoms with Gasteiger partial charge in [-0.1, -0.05) is 38.4 Å². The summed E-state index contributed by atoms with van der Waals surface area (Å²) in [7, 11) is 0.416. The molecule has 2 unspecified atom stereocenters. The van der Waals surface area contributed by atoms with Crippen LogP contribution in [0.25, 0.3) is 5.31 Å². The van der Waals surface area contributed by atoms with Gasteiger partial charge in [0.25, 0.3) is 0 Å². The molecular formula is C18H20ClFN3P. The van der Waals surface area contributed by atoms with Crippen LogP contribution in [0.3, 0.4) is 0 Å². The molecule has 1 aromatic rings. The largest absolute Gasteiger partial charge is 0.304 e. The molecule has 0 saturated heterocycles. The number of benzene rings is 1. The van der Waals surface area contributed by atoms with E-state index in [1.807, 2.05) is 32.1 Å². The molecule has 2 N–H and O–H groups in total. The summed E-state index contributed by atoms with van der Waals surface area (Å²) in [6.45, 7) is 3.77. The maximum absolute atomic E-state index is 14.2. The van der Waals surface area contributed by atoms with E-state index in [0.29, 0.717) is 24.9 Å². The van der Waals surface area contributed by atoms with Gasteiger partial charge in [0.15, 0.2) is 0 Å². The molecule has 0 saturated carbocycles. The Balaban J connectivity index is 2.32. The van der Waals surface area contributed by atoms with Gasteiger partial charge in [0.1, 0.15) is 5.82 Å². The number of hydrazone groups is 1. The van der Waals surface area contributed by atoms with E-state index in [2.05, 4.69) is 10.5 Å². The van der Waals surface area contributed by atoms with E-state index >= 15 is 0 Å². The molecule has 2 atom stereocenters. The maximum Gasteiger partial charge on any atom is 0.131 e. The number of allylic oxidation sites excluding steroid dienone is 4. The Kier molecular flexibility index (Phi) is 6.89. The van der Waals surface area contributed by atoms with Crippen LogP contribution in [0.1, 0.15) is 19.4 Å². The van der Waals surface area contributed by atoms with E-state index in [9.17, 15) is 4.39 Å². The fraction of sp³-hybridized carbons (Fsp3) is 0.222. The number of nitrogens with one attached hydrogen (secondary N) is 2. The van der Waals surface area contributed by atoms with Gasteiger partial charge >= 0.3 is 0 Å². The van der Waals surface area contributed by atoms with Crippen molar-refractivity contribution in [1.82, 2.24) is 5.43 Å². The van der Waals surface area contributed by atoms with E-state index in [0.717, 1.165) is 17.0 Å². The monoisotopic (exact) mass is 363 g/mol. The SMILES string of the molecule is C/C=N\NC(C)/C=C\C(=N)C1=C(c2cc(Cl)ccc2F)PCC=C1. The quantitative estimate of drug-likeness (QED) is 0.417. The average molecular weight is 364 g/mol. The zero-order valence-electron chi connectivity index (χ0n) is 13.6. The van der Waals surface area contributed by atoms with E-state index in [4.69, 9.17) is 17.0 Å². The third-order valence-corrected chi connectivity index (χ3v) is 4.96. The fourth-order valence-electron chi connectivity index (χ4n) is 2.24. The molecule has 0 aromatic heterocycles. The molecule has 6 heteroatoms. The van der Waals surface area contributed by atoms with Crippen LogP contribution < -0.4 is 5.43 Å². The van der Waals surface area contributed by atoms with Crippen molar-refractivity contribution >= 4 is 37.4 Å². The second-order valence-corrected chi connectivity index (χ2v) is 6.97. The Morgan fingerprint density at radius 1 is 1.50 bits per heavy atom. The normalized spacial score (nSPS) is 17.2. The van der Waals surface area contributed by atoms with Crippen molar-refractivity contribution in [3.63, 3.8) is 0 Å². The lowest BCUT2D eigenvalue weighted by Crippen LogP contribution is -2.18. The average Bonchev–Trinajstić information content (AvgIpc) is 2.60. The smallest absolute Gasteiger partial charge is 0.131 e. The van der Waals surface area contributed by atoms with Crippen LogP contribution in [0.2, 0.25) is 5.02 Å². The Hall–Kier alpha value is -1.77. The van der Waals surface area contributed by atoms with Gasteiger partial charge in [0, 0.05) is 22.4 Å². The van der Waals surface area contributed by atoms with E-state index < -0.39 is 0 Å². The van der Waals surface area contributed by atoms with E-state index in [1.165, 1.54) is 12.1 Å². The number of rotatable bonds is 6. The van der Waals surface area contributed by atoms with Gasteiger partial charge in [-0.05, 0) is 49.6 Å². The summed E-state index contributed by atoms with van der Waals surface area (Å²) in [4.78, 5) is 0. The first-order valence-corrected chi connectivity index (χ1v) is 9.22. The summed E-state index contributed by atoms with van der Waals surface area (Å²) in [6.07, 6.45) is 10.0. The van der Waals surface area contributed by atoms with Crippen molar-refractivity contribution in [3.8, 4) is 0 Å². The molecule has 2 rings (SSSR count). The summed E-state index contributed by atoms with van der Waals surface area (Å²) in [5, 5.41) is 13.6. The highest BCUT2D eigenvalue weighted by Gasteiger charge is 2.17. The molecule has 0 aliphatic carbocycles. The Morgan fingerprint density at radius 2 is 2.29 bits per heavy atom. The van der Waals surface area contributed by atoms with Crippen LogP contribution in [-0.2, 0) is 0 Å². The highest BCUT2D eigenvalue weighted by atomic mass is 35.5. The first-order chi connectivity index (χ1) is 11.5. The van der Waals surface area contributed by atoms with Crippen LogP contribution in [0.5, 0.6) is 0 Å². The predicted molar refractivity (Wildman–Crippen MR) is 104 cm³/mol. The Bertz CT molecular complexity index is 738. The summed E-state index contributed by atoms with van der Waals surface area (Å²) in [5.74, 6) is -0.307. The minimum Gasteiger partial charge on any atom is -0.304 e. The highest BCUT2D eigenvalue weighted by Crippen LogP contribution is 2.41. The molecule has 0 fully saturated rings. The minimum atomic E-state index is -0.307. The van der Waals surface area contributed by atoms with Crippen LogP contribution in [0.4, 0.5) is 4.39 Å². The van der Waals surface area contributed by atoms with Gasteiger partial charge in [-0.2, -0.15) is 5.10 Å². The van der Waals surface area contributed by atoms with Gasteiger partial charge in [0.2, 0.25) is 0 Å². The zero-order chi connectivity index (χ0) is 17.5. The summed E-state index contributed by atoms with van der Waals surface area (Å²) in [6, 6.07) is 4.55. The van der Waals surface area contributed by atoms with Crippen molar-refractivity contribution in [2.24, 2.45) is 5.10 Å². The first-order valence-electron chi connectivity index (χ1n) is 7.63. The molecule has 1 aliphatic rings. The van der Waals surface area contributed by atoms with E-state index in [-0.39, 0.29) is 11.9 Å². The van der Waals surface area contributed by atoms with E-state index in [1.54, 1.807) is 18.4 Å². The molecule has 1 aromatic carbocycles. The minimum absolute atomic E-state index is 0.00326. The molecule has 0 amide bonds. The molecule has 126 valence electrons. The topological polar surface area (TPSA) is 48.2 Å². The van der Waals surface area contributed by atoms with Crippen molar-refractivity contribution in [2.75, 3.05) is 6.16 Å². The van der Waals surface area contributed by atoms with Crippen molar-refractivity contribution in [3.05, 3.63) is 64.5 Å². The number of nitrogens with zero attached hydrogens (tertiary/aromatic N) is 1. The number of hydrogen-bond acceptors (Lipinski definition) is 3. The number of hydrogen-bond donors (Lipinski definition) is 2.